The molecule has 12 nitrogen and oxygen atoms in total. The summed E-state index contributed by atoms with van der Waals surface area (Å²) >= 11 is 18.7. The molecule has 0 atom stereocenters. The number of hydrogen-bond donors (Lipinski definition) is 3. The first kappa shape index (κ1) is 37.0. The van der Waals surface area contributed by atoms with Crippen molar-refractivity contribution in [1.82, 2.24) is 0 Å². The number of carbonyl (C=O) groups excluding carboxylic acids is 1. The third-order valence-electron chi connectivity index (χ3n) is 5.22. The van der Waals surface area contributed by atoms with Gasteiger partial charge in [-0.3, -0.25) is 9.83 Å². The Morgan fingerprint density at radius 3 is 2.38 bits per heavy atom. The summed E-state index contributed by atoms with van der Waals surface area (Å²) in [4.78, 5) is 12.3. The molecule has 0 unspecified atom stereocenters. The summed E-state index contributed by atoms with van der Waals surface area (Å²) in [5.74, 6) is -1.60. The largest absolute Gasteiger partial charge is 1.00 e. The van der Waals surface area contributed by atoms with Gasteiger partial charge in [0.2, 0.25) is 0 Å². The van der Waals surface area contributed by atoms with Gasteiger partial charge >= 0.3 is 59.1 Å². The number of fused-ring (bicyclic) bond motifs is 1. The van der Waals surface area contributed by atoms with Crippen molar-refractivity contribution in [3.05, 3.63) is 75.2 Å². The monoisotopic (exact) mass is 688 g/mol. The smallest absolute Gasteiger partial charge is 0.744 e. The van der Waals surface area contributed by atoms with Crippen molar-refractivity contribution < 1.29 is 96.6 Å². The van der Waals surface area contributed by atoms with Gasteiger partial charge in [-0.15, -0.1) is 10.2 Å². The molecule has 4 N–H and O–H groups in total. The predicted octanol–water partition coefficient (Wildman–Crippen LogP) is -0.102. The van der Waals surface area contributed by atoms with E-state index in [-0.39, 0.29) is 107 Å². The molecule has 4 aromatic carbocycles. The van der Waals surface area contributed by atoms with Crippen LogP contribution in [0.3, 0.4) is 0 Å². The number of nitrogen functional groups attached to an aromatic ring is 1. The van der Waals surface area contributed by atoms with Gasteiger partial charge in [0.15, 0.2) is 5.75 Å². The van der Waals surface area contributed by atoms with Crippen LogP contribution in [0.1, 0.15) is 10.4 Å². The van der Waals surface area contributed by atoms with E-state index in [2.05, 4.69) is 24.9 Å². The van der Waals surface area contributed by atoms with Gasteiger partial charge < -0.3 is 26.0 Å². The van der Waals surface area contributed by atoms with Crippen molar-refractivity contribution in [3.63, 3.8) is 0 Å². The molecule has 42 heavy (non-hydrogen) atoms. The standard InChI is InChI=1S/C23H15Cl3N4O8S2.2Na/c24-14-3-1-2-13(20(14)26)23(32)28-17-9-12(39-38-37-33)6-10-7-18(40(34,35)36)21(22(31)19(10)17)30-29-16-5-4-11(27)8-15(16)25;;/h1-9,31,33H,27H2,(H,28,32)(H,34,35,36);;/q;2*+1/p-2. The first-order valence-corrected chi connectivity index (χ1v) is 13.8. The Labute approximate surface area is 301 Å². The van der Waals surface area contributed by atoms with Gasteiger partial charge in [0.25, 0.3) is 5.91 Å². The van der Waals surface area contributed by atoms with Crippen molar-refractivity contribution >= 4 is 96.4 Å². The Morgan fingerprint density at radius 2 is 1.74 bits per heavy atom. The van der Waals surface area contributed by atoms with Gasteiger partial charge in [0, 0.05) is 16.0 Å². The molecular weight excluding hydrogens is 677 g/mol. The summed E-state index contributed by atoms with van der Waals surface area (Å²) in [6, 6.07) is 12.0. The van der Waals surface area contributed by atoms with Gasteiger partial charge in [-0.25, -0.2) is 8.42 Å². The minimum Gasteiger partial charge on any atom is -0.744 e. The molecule has 208 valence electrons. The van der Waals surface area contributed by atoms with Crippen LogP contribution in [0.15, 0.2) is 74.6 Å². The summed E-state index contributed by atoms with van der Waals surface area (Å²) in [5.41, 5.74) is 5.15. The number of nitrogens with one attached hydrogen (secondary N) is 1. The maximum Gasteiger partial charge on any atom is 1.00 e. The van der Waals surface area contributed by atoms with Crippen LogP contribution in [-0.2, 0) is 19.5 Å². The Morgan fingerprint density at radius 1 is 1.02 bits per heavy atom. The number of phenols is 1. The van der Waals surface area contributed by atoms with E-state index in [0.717, 1.165) is 6.07 Å². The number of carbonyl (C=O) groups is 1. The van der Waals surface area contributed by atoms with E-state index in [1.165, 1.54) is 48.5 Å². The van der Waals surface area contributed by atoms with Crippen LogP contribution in [-0.4, -0.2) is 24.0 Å². The van der Waals surface area contributed by atoms with Gasteiger partial charge in [-0.2, -0.15) is 4.33 Å². The number of amides is 1. The Balaban J connectivity index is 0.00000308. The fourth-order valence-corrected chi connectivity index (χ4v) is 5.23. The molecule has 0 heterocycles. The van der Waals surface area contributed by atoms with E-state index in [4.69, 9.17) is 40.5 Å². The Bertz CT molecular complexity index is 1800. The number of aromatic hydroxyl groups is 1. The molecule has 0 saturated heterocycles. The van der Waals surface area contributed by atoms with E-state index in [9.17, 15) is 28.1 Å². The van der Waals surface area contributed by atoms with Crippen LogP contribution >= 0.6 is 46.8 Å². The average molecular weight is 690 g/mol. The van der Waals surface area contributed by atoms with Crippen LogP contribution in [0.4, 0.5) is 22.7 Å². The maximum absolute atomic E-state index is 13.1. The van der Waals surface area contributed by atoms with E-state index in [1.807, 2.05) is 0 Å². The molecule has 0 aliphatic rings. The number of phenolic OH excluding ortho intramolecular Hbond substituents is 1. The summed E-state index contributed by atoms with van der Waals surface area (Å²) in [6.45, 7) is 0. The first-order chi connectivity index (χ1) is 18.9. The number of benzene rings is 4. The van der Waals surface area contributed by atoms with Gasteiger partial charge in [0.05, 0.1) is 43.3 Å². The SMILES string of the molecule is Nc1ccc(N=Nc2c(S(=O)(=O)[O-])cc3cc(SOO[O-])cc(NC(=O)c4cccc(Cl)c4Cl)c3c2O)c(Cl)c1.[Na+].[Na+]. The number of nitrogens with zero attached hydrogens (tertiary/aromatic N) is 2. The zero-order valence-corrected chi connectivity index (χ0v) is 29.3. The Hall–Kier alpha value is -1.18. The molecule has 0 radical (unpaired) electrons. The molecule has 0 fully saturated rings. The molecule has 0 aromatic heterocycles. The normalized spacial score (nSPS) is 11.3. The topological polar surface area (TPSA) is 199 Å². The third kappa shape index (κ3) is 8.50. The molecule has 4 rings (SSSR count). The number of azo groups is 1. The van der Waals surface area contributed by atoms with E-state index in [0.29, 0.717) is 17.7 Å². The van der Waals surface area contributed by atoms with E-state index in [1.54, 1.807) is 0 Å². The van der Waals surface area contributed by atoms with Crippen molar-refractivity contribution in [2.45, 2.75) is 9.79 Å². The van der Waals surface area contributed by atoms with Crippen LogP contribution < -0.4 is 75.4 Å². The van der Waals surface area contributed by atoms with Crippen molar-refractivity contribution in [2.75, 3.05) is 11.1 Å². The van der Waals surface area contributed by atoms with Crippen molar-refractivity contribution in [2.24, 2.45) is 10.2 Å². The zero-order valence-electron chi connectivity index (χ0n) is 21.4. The second kappa shape index (κ2) is 15.7. The number of anilines is 2. The van der Waals surface area contributed by atoms with Gasteiger partial charge in [-0.05, 0) is 53.9 Å². The molecular formula is C23H13Cl3N4Na2O8S2. The molecule has 0 spiro atoms. The summed E-state index contributed by atoms with van der Waals surface area (Å²) in [7, 11) is -5.24. The Kier molecular flexibility index (Phi) is 13.8. The number of hydrogen-bond acceptors (Lipinski definition) is 12. The zero-order chi connectivity index (χ0) is 29.2. The molecule has 1 amide bonds. The fourth-order valence-electron chi connectivity index (χ4n) is 3.52. The van der Waals surface area contributed by atoms with Crippen molar-refractivity contribution in [1.29, 1.82) is 0 Å². The van der Waals surface area contributed by atoms with E-state index >= 15 is 0 Å². The maximum atomic E-state index is 13.1. The van der Waals surface area contributed by atoms with Crippen LogP contribution in [0.25, 0.3) is 10.8 Å². The quantitative estimate of drug-likeness (QED) is 0.0427. The van der Waals surface area contributed by atoms with Crippen molar-refractivity contribution in [3.8, 4) is 5.75 Å². The summed E-state index contributed by atoms with van der Waals surface area (Å²) in [5, 5.41) is 35.0. The molecule has 0 aliphatic carbocycles. The second-order valence-corrected chi connectivity index (χ2v) is 11.1. The molecule has 0 saturated carbocycles. The number of halogens is 3. The van der Waals surface area contributed by atoms with Gasteiger partial charge in [-0.1, -0.05) is 40.9 Å². The van der Waals surface area contributed by atoms with Crippen LogP contribution in [0.5, 0.6) is 5.75 Å². The summed E-state index contributed by atoms with van der Waals surface area (Å²) in [6.07, 6.45) is 0. The first-order valence-electron chi connectivity index (χ1n) is 10.6. The number of rotatable bonds is 8. The second-order valence-electron chi connectivity index (χ2n) is 7.78. The predicted molar refractivity (Wildman–Crippen MR) is 146 cm³/mol. The molecule has 0 bridgehead atoms. The third-order valence-corrected chi connectivity index (χ3v) is 7.75. The molecule has 0 aliphatic heterocycles. The molecule has 4 aromatic rings. The van der Waals surface area contributed by atoms with Crippen LogP contribution in [0.2, 0.25) is 15.1 Å². The minimum absolute atomic E-state index is 0. The minimum atomic E-state index is -5.24. The number of nitrogens with two attached hydrogens (primary N) is 1. The van der Waals surface area contributed by atoms with Gasteiger partial charge in [0.1, 0.15) is 21.5 Å². The van der Waals surface area contributed by atoms with E-state index < -0.39 is 32.4 Å². The fraction of sp³-hybridized carbons (Fsp3) is 0. The molecule has 19 heteroatoms. The summed E-state index contributed by atoms with van der Waals surface area (Å²) < 4.78 is 40.8. The average Bonchev–Trinajstić information content (AvgIpc) is 2.88. The van der Waals surface area contributed by atoms with Crippen LogP contribution in [0, 0.1) is 0 Å².